The lowest BCUT2D eigenvalue weighted by molar-refractivity contribution is -0.146. The van der Waals surface area contributed by atoms with Crippen LogP contribution >= 0.6 is 0 Å². The topological polar surface area (TPSA) is 84.5 Å². The van der Waals surface area contributed by atoms with Crippen LogP contribution < -0.4 is 10.9 Å². The van der Waals surface area contributed by atoms with Crippen LogP contribution in [0.1, 0.15) is 31.6 Å². The van der Waals surface area contributed by atoms with Crippen LogP contribution in [0.15, 0.2) is 45.9 Å². The van der Waals surface area contributed by atoms with Gasteiger partial charge >= 0.3 is 11.8 Å². The number of anilines is 1. The van der Waals surface area contributed by atoms with Gasteiger partial charge in [-0.3, -0.25) is 14.4 Å². The van der Waals surface area contributed by atoms with Gasteiger partial charge in [-0.25, -0.2) is 0 Å². The van der Waals surface area contributed by atoms with E-state index < -0.39 is 11.8 Å². The molecule has 0 radical (unpaired) electrons. The minimum atomic E-state index is -0.811. The second kappa shape index (κ2) is 6.96. The normalized spacial score (nSPS) is 20.3. The molecule has 1 aliphatic rings. The number of rotatable bonds is 2. The second-order valence-corrected chi connectivity index (χ2v) is 6.45. The molecule has 132 valence electrons. The van der Waals surface area contributed by atoms with E-state index in [4.69, 9.17) is 4.42 Å². The van der Waals surface area contributed by atoms with Crippen LogP contribution in [0.5, 0.6) is 0 Å². The number of likely N-dealkylation sites (tertiary alicyclic amines) is 1. The van der Waals surface area contributed by atoms with Gasteiger partial charge in [0.25, 0.3) is 5.56 Å². The molecule has 2 amide bonds. The number of hydrogen-bond acceptors (Lipinski definition) is 4. The number of nitrogens with zero attached hydrogens (tertiary/aromatic N) is 2. The van der Waals surface area contributed by atoms with E-state index in [-0.39, 0.29) is 17.3 Å². The molecule has 0 bridgehead atoms. The first kappa shape index (κ1) is 17.0. The van der Waals surface area contributed by atoms with Gasteiger partial charge in [-0.15, -0.1) is 0 Å². The Kier molecular flexibility index (Phi) is 4.74. The number of pyridine rings is 1. The van der Waals surface area contributed by atoms with Crippen molar-refractivity contribution >= 4 is 17.5 Å². The van der Waals surface area contributed by atoms with Crippen LogP contribution in [0.2, 0.25) is 0 Å². The minimum Gasteiger partial charge on any atom is -0.467 e. The zero-order valence-corrected chi connectivity index (χ0v) is 14.3. The molecule has 1 saturated heterocycles. The zero-order valence-electron chi connectivity index (χ0n) is 14.3. The van der Waals surface area contributed by atoms with Crippen molar-refractivity contribution in [1.29, 1.82) is 0 Å². The molecule has 0 saturated carbocycles. The molecule has 0 unspecified atom stereocenters. The first-order valence-corrected chi connectivity index (χ1v) is 8.28. The van der Waals surface area contributed by atoms with Gasteiger partial charge in [0, 0.05) is 19.8 Å². The van der Waals surface area contributed by atoms with E-state index in [1.54, 1.807) is 31.6 Å². The Balaban J connectivity index is 1.79. The number of aromatic nitrogens is 1. The lowest BCUT2D eigenvalue weighted by Gasteiger charge is -2.36. The monoisotopic (exact) mass is 343 g/mol. The SMILES string of the molecule is C[C@@H]1CCN(C(=O)C(=O)Nc2cccn(C)c2=O)[C@H](c2ccco2)C1. The highest BCUT2D eigenvalue weighted by Gasteiger charge is 2.35. The number of carbonyl (C=O) groups excluding carboxylic acids is 2. The highest BCUT2D eigenvalue weighted by atomic mass is 16.3. The third-order valence-electron chi connectivity index (χ3n) is 4.56. The molecule has 2 aromatic rings. The number of hydrogen-bond donors (Lipinski definition) is 1. The molecule has 7 nitrogen and oxygen atoms in total. The summed E-state index contributed by atoms with van der Waals surface area (Å²) in [7, 11) is 1.58. The summed E-state index contributed by atoms with van der Waals surface area (Å²) in [5, 5.41) is 2.43. The fraction of sp³-hybridized carbons (Fsp3) is 0.389. The fourth-order valence-electron chi connectivity index (χ4n) is 3.13. The summed E-state index contributed by atoms with van der Waals surface area (Å²) in [6, 6.07) is 6.43. The van der Waals surface area contributed by atoms with E-state index in [1.165, 1.54) is 15.5 Å². The van der Waals surface area contributed by atoms with Crippen LogP contribution in [-0.4, -0.2) is 27.8 Å². The van der Waals surface area contributed by atoms with Crippen molar-refractivity contribution in [3.8, 4) is 0 Å². The molecule has 1 N–H and O–H groups in total. The van der Waals surface area contributed by atoms with Gasteiger partial charge in [-0.05, 0) is 43.0 Å². The molecule has 0 spiro atoms. The maximum atomic E-state index is 12.7. The molecule has 2 aromatic heterocycles. The van der Waals surface area contributed by atoms with E-state index >= 15 is 0 Å². The Bertz CT molecular complexity index is 825. The van der Waals surface area contributed by atoms with Crippen molar-refractivity contribution in [2.45, 2.75) is 25.8 Å². The molecule has 3 heterocycles. The molecule has 1 aliphatic heterocycles. The maximum Gasteiger partial charge on any atom is 0.314 e. The predicted molar refractivity (Wildman–Crippen MR) is 91.9 cm³/mol. The van der Waals surface area contributed by atoms with Crippen LogP contribution in [0.4, 0.5) is 5.69 Å². The Morgan fingerprint density at radius 1 is 1.28 bits per heavy atom. The number of nitrogens with one attached hydrogen (secondary N) is 1. The second-order valence-electron chi connectivity index (χ2n) is 6.45. The highest BCUT2D eigenvalue weighted by Crippen LogP contribution is 2.34. The molecule has 3 rings (SSSR count). The molecule has 0 aliphatic carbocycles. The highest BCUT2D eigenvalue weighted by molar-refractivity contribution is 6.39. The van der Waals surface area contributed by atoms with E-state index in [9.17, 15) is 14.4 Å². The number of piperidine rings is 1. The molecular formula is C18H21N3O4. The Labute approximate surface area is 145 Å². The minimum absolute atomic E-state index is 0.0864. The van der Waals surface area contributed by atoms with Crippen molar-refractivity contribution in [2.24, 2.45) is 13.0 Å². The van der Waals surface area contributed by atoms with Crippen LogP contribution in [0.3, 0.4) is 0 Å². The van der Waals surface area contributed by atoms with Gasteiger partial charge in [-0.1, -0.05) is 6.92 Å². The molecule has 2 atom stereocenters. The van der Waals surface area contributed by atoms with Gasteiger partial charge in [0.2, 0.25) is 0 Å². The lowest BCUT2D eigenvalue weighted by atomic mass is 9.91. The van der Waals surface area contributed by atoms with Crippen LogP contribution in [0.25, 0.3) is 0 Å². The first-order chi connectivity index (χ1) is 12.0. The van der Waals surface area contributed by atoms with Crippen molar-refractivity contribution in [3.05, 3.63) is 52.8 Å². The number of aryl methyl sites for hydroxylation is 1. The quantitative estimate of drug-likeness (QED) is 0.844. The molecular weight excluding hydrogens is 322 g/mol. The summed E-state index contributed by atoms with van der Waals surface area (Å²) in [4.78, 5) is 38.6. The Hall–Kier alpha value is -2.83. The van der Waals surface area contributed by atoms with Crippen LogP contribution in [0, 0.1) is 5.92 Å². The van der Waals surface area contributed by atoms with Crippen molar-refractivity contribution < 1.29 is 14.0 Å². The lowest BCUT2D eigenvalue weighted by Crippen LogP contribution is -2.46. The van der Waals surface area contributed by atoms with Gasteiger partial charge in [0.1, 0.15) is 11.4 Å². The fourth-order valence-corrected chi connectivity index (χ4v) is 3.13. The summed E-state index contributed by atoms with van der Waals surface area (Å²) >= 11 is 0. The van der Waals surface area contributed by atoms with E-state index in [2.05, 4.69) is 12.2 Å². The number of furan rings is 1. The summed E-state index contributed by atoms with van der Waals surface area (Å²) in [5.74, 6) is -0.361. The third kappa shape index (κ3) is 3.50. The zero-order chi connectivity index (χ0) is 18.0. The summed E-state index contributed by atoms with van der Waals surface area (Å²) < 4.78 is 6.80. The average molecular weight is 343 g/mol. The molecule has 1 fully saturated rings. The van der Waals surface area contributed by atoms with Crippen molar-refractivity contribution in [1.82, 2.24) is 9.47 Å². The van der Waals surface area contributed by atoms with E-state index in [1.807, 2.05) is 6.07 Å². The number of carbonyl (C=O) groups is 2. The van der Waals surface area contributed by atoms with Crippen LogP contribution in [-0.2, 0) is 16.6 Å². The van der Waals surface area contributed by atoms with Crippen molar-refractivity contribution in [2.75, 3.05) is 11.9 Å². The summed E-state index contributed by atoms with van der Waals surface area (Å²) in [6.07, 6.45) is 4.70. The van der Waals surface area contributed by atoms with Gasteiger partial charge in [0.15, 0.2) is 0 Å². The Morgan fingerprint density at radius 3 is 2.80 bits per heavy atom. The van der Waals surface area contributed by atoms with Gasteiger partial charge in [0.05, 0.1) is 12.3 Å². The third-order valence-corrected chi connectivity index (χ3v) is 4.56. The molecule has 25 heavy (non-hydrogen) atoms. The molecule has 7 heteroatoms. The van der Waals surface area contributed by atoms with E-state index in [0.29, 0.717) is 18.2 Å². The largest absolute Gasteiger partial charge is 0.467 e. The molecule has 0 aromatic carbocycles. The Morgan fingerprint density at radius 2 is 2.08 bits per heavy atom. The van der Waals surface area contributed by atoms with Gasteiger partial charge < -0.3 is 19.2 Å². The standard InChI is InChI=1S/C18H21N3O4/c1-12-7-9-21(14(11-12)15-6-4-10-25-15)18(24)16(22)19-13-5-3-8-20(2)17(13)23/h3-6,8,10,12,14H,7,9,11H2,1-2H3,(H,19,22)/t12-,14+/m1/s1. The van der Waals surface area contributed by atoms with Gasteiger partial charge in [-0.2, -0.15) is 0 Å². The average Bonchev–Trinajstić information content (AvgIpc) is 3.12. The summed E-state index contributed by atoms with van der Waals surface area (Å²) in [5.41, 5.74) is -0.276. The van der Waals surface area contributed by atoms with E-state index in [0.717, 1.165) is 12.8 Å². The summed E-state index contributed by atoms with van der Waals surface area (Å²) in [6.45, 7) is 2.59. The first-order valence-electron chi connectivity index (χ1n) is 8.28. The maximum absolute atomic E-state index is 12.7. The number of amides is 2. The smallest absolute Gasteiger partial charge is 0.314 e. The predicted octanol–water partition coefficient (Wildman–Crippen LogP) is 1.92. The van der Waals surface area contributed by atoms with Crippen molar-refractivity contribution in [3.63, 3.8) is 0 Å².